The predicted octanol–water partition coefficient (Wildman–Crippen LogP) is 0.592. The van der Waals surface area contributed by atoms with E-state index < -0.39 is 17.6 Å². The molecule has 3 N–H and O–H groups in total. The zero-order valence-electron chi connectivity index (χ0n) is 17.4. The largest absolute Gasteiger partial charge is 0.391 e. The molecule has 1 saturated heterocycles. The minimum atomic E-state index is -0.567. The Morgan fingerprint density at radius 3 is 2.77 bits per heavy atom. The molecule has 10 nitrogen and oxygen atoms in total. The van der Waals surface area contributed by atoms with Crippen molar-refractivity contribution < 1.29 is 9.90 Å². The lowest BCUT2D eigenvalue weighted by molar-refractivity contribution is 0.0669. The molecule has 0 spiro atoms. The molecule has 166 valence electrons. The molecule has 2 aromatic rings. The van der Waals surface area contributed by atoms with Crippen LogP contribution in [0.5, 0.6) is 0 Å². The van der Waals surface area contributed by atoms with Crippen LogP contribution >= 0.6 is 0 Å². The molecule has 1 saturated carbocycles. The van der Waals surface area contributed by atoms with Gasteiger partial charge in [-0.2, -0.15) is 5.10 Å². The van der Waals surface area contributed by atoms with Crippen molar-refractivity contribution in [3.05, 3.63) is 50.9 Å². The molecule has 1 aliphatic carbocycles. The molecule has 2 aliphatic rings. The Hall–Kier alpha value is -3.01. The zero-order chi connectivity index (χ0) is 21.8. The SMILES string of the molecule is O=C(NCC1CCCCN1c1ccc(=O)n(C2CCCCC2O)n1)c1ncc[nH]c1=O. The third kappa shape index (κ3) is 4.68. The monoisotopic (exact) mass is 428 g/mol. The third-order valence-corrected chi connectivity index (χ3v) is 6.16. The van der Waals surface area contributed by atoms with E-state index in [4.69, 9.17) is 0 Å². The quantitative estimate of drug-likeness (QED) is 0.635. The van der Waals surface area contributed by atoms with Crippen LogP contribution in [0.1, 0.15) is 61.5 Å². The Morgan fingerprint density at radius 1 is 1.16 bits per heavy atom. The Kier molecular flexibility index (Phi) is 6.45. The number of aromatic nitrogens is 4. The number of hydrogen-bond donors (Lipinski definition) is 3. The van der Waals surface area contributed by atoms with Gasteiger partial charge in [0.25, 0.3) is 17.0 Å². The van der Waals surface area contributed by atoms with Crippen LogP contribution in [0.25, 0.3) is 0 Å². The van der Waals surface area contributed by atoms with Crippen molar-refractivity contribution in [2.24, 2.45) is 0 Å². The summed E-state index contributed by atoms with van der Waals surface area (Å²) in [5, 5.41) is 17.8. The third-order valence-electron chi connectivity index (χ3n) is 6.16. The summed E-state index contributed by atoms with van der Waals surface area (Å²) in [6.45, 7) is 1.09. The van der Waals surface area contributed by atoms with Gasteiger partial charge in [-0.3, -0.25) is 14.4 Å². The van der Waals surface area contributed by atoms with Gasteiger partial charge in [0.2, 0.25) is 0 Å². The fourth-order valence-corrected chi connectivity index (χ4v) is 4.51. The first-order valence-electron chi connectivity index (χ1n) is 10.9. The van der Waals surface area contributed by atoms with Crippen molar-refractivity contribution >= 4 is 11.7 Å². The average Bonchev–Trinajstić information content (AvgIpc) is 2.79. The number of rotatable bonds is 5. The van der Waals surface area contributed by atoms with Crippen molar-refractivity contribution in [3.63, 3.8) is 0 Å². The summed E-state index contributed by atoms with van der Waals surface area (Å²) < 4.78 is 1.43. The predicted molar refractivity (Wildman–Crippen MR) is 114 cm³/mol. The lowest BCUT2D eigenvalue weighted by Crippen LogP contribution is -2.48. The summed E-state index contributed by atoms with van der Waals surface area (Å²) >= 11 is 0. The van der Waals surface area contributed by atoms with Crippen LogP contribution in [-0.4, -0.2) is 56.0 Å². The first-order valence-corrected chi connectivity index (χ1v) is 10.9. The van der Waals surface area contributed by atoms with Crippen LogP contribution in [0.15, 0.2) is 34.1 Å². The summed E-state index contributed by atoms with van der Waals surface area (Å²) in [5.74, 6) is 0.141. The van der Waals surface area contributed by atoms with Gasteiger partial charge in [0.1, 0.15) is 5.82 Å². The van der Waals surface area contributed by atoms with Crippen LogP contribution < -0.4 is 21.3 Å². The fraction of sp³-hybridized carbons (Fsp3) is 0.571. The van der Waals surface area contributed by atoms with Crippen LogP contribution in [-0.2, 0) is 0 Å². The molecule has 10 heteroatoms. The molecule has 4 rings (SSSR count). The first kappa shape index (κ1) is 21.2. The van der Waals surface area contributed by atoms with Crippen LogP contribution in [0.3, 0.4) is 0 Å². The highest BCUT2D eigenvalue weighted by Gasteiger charge is 2.29. The van der Waals surface area contributed by atoms with E-state index in [1.54, 1.807) is 6.07 Å². The molecule has 0 bridgehead atoms. The number of nitrogens with one attached hydrogen (secondary N) is 2. The maximum atomic E-state index is 12.5. The Bertz CT molecular complexity index is 1030. The van der Waals surface area contributed by atoms with Crippen molar-refractivity contribution in [3.8, 4) is 0 Å². The highest BCUT2D eigenvalue weighted by atomic mass is 16.3. The van der Waals surface area contributed by atoms with Crippen molar-refractivity contribution in [1.82, 2.24) is 25.1 Å². The van der Waals surface area contributed by atoms with Gasteiger partial charge in [-0.05, 0) is 38.2 Å². The van der Waals surface area contributed by atoms with Gasteiger partial charge in [-0.1, -0.05) is 12.8 Å². The molecule has 3 atom stereocenters. The van der Waals surface area contributed by atoms with Crippen LogP contribution in [0.2, 0.25) is 0 Å². The number of hydrogen-bond acceptors (Lipinski definition) is 7. The summed E-state index contributed by atoms with van der Waals surface area (Å²) in [7, 11) is 0. The van der Waals surface area contributed by atoms with E-state index in [9.17, 15) is 19.5 Å². The van der Waals surface area contributed by atoms with E-state index in [1.165, 1.54) is 23.1 Å². The van der Waals surface area contributed by atoms with E-state index in [-0.39, 0.29) is 23.3 Å². The number of piperidine rings is 1. The summed E-state index contributed by atoms with van der Waals surface area (Å²) in [5.41, 5.74) is -0.908. The van der Waals surface area contributed by atoms with Crippen LogP contribution in [0.4, 0.5) is 5.82 Å². The Morgan fingerprint density at radius 2 is 1.97 bits per heavy atom. The Labute approximate surface area is 179 Å². The molecule has 1 amide bonds. The molecule has 1 aliphatic heterocycles. The number of nitrogens with zero attached hydrogens (tertiary/aromatic N) is 4. The number of H-pyrrole nitrogens is 1. The number of carbonyl (C=O) groups is 1. The summed E-state index contributed by atoms with van der Waals surface area (Å²) in [6.07, 6.45) is 8.36. The van der Waals surface area contributed by atoms with Gasteiger partial charge in [-0.15, -0.1) is 0 Å². The van der Waals surface area contributed by atoms with Gasteiger partial charge in [-0.25, -0.2) is 9.67 Å². The molecular weight excluding hydrogens is 400 g/mol. The summed E-state index contributed by atoms with van der Waals surface area (Å²) in [6, 6.07) is 2.88. The van der Waals surface area contributed by atoms with Crippen molar-refractivity contribution in [2.75, 3.05) is 18.0 Å². The minimum Gasteiger partial charge on any atom is -0.391 e. The van der Waals surface area contributed by atoms with Crippen molar-refractivity contribution in [1.29, 1.82) is 0 Å². The first-order chi connectivity index (χ1) is 15.0. The van der Waals surface area contributed by atoms with Crippen LogP contribution in [0, 0.1) is 0 Å². The summed E-state index contributed by atoms with van der Waals surface area (Å²) in [4.78, 5) is 45.0. The number of carbonyl (C=O) groups excluding carboxylic acids is 1. The average molecular weight is 428 g/mol. The smallest absolute Gasteiger partial charge is 0.279 e. The lowest BCUT2D eigenvalue weighted by atomic mass is 9.93. The maximum absolute atomic E-state index is 12.5. The molecule has 3 heterocycles. The highest BCUT2D eigenvalue weighted by molar-refractivity contribution is 5.91. The highest BCUT2D eigenvalue weighted by Crippen LogP contribution is 2.28. The molecule has 3 unspecified atom stereocenters. The number of anilines is 1. The van der Waals surface area contributed by atoms with Gasteiger partial charge in [0.15, 0.2) is 5.69 Å². The van der Waals surface area contributed by atoms with E-state index in [0.29, 0.717) is 18.8 Å². The molecule has 0 aromatic carbocycles. The van der Waals surface area contributed by atoms with E-state index >= 15 is 0 Å². The van der Waals surface area contributed by atoms with E-state index in [1.807, 2.05) is 0 Å². The van der Waals surface area contributed by atoms with E-state index in [2.05, 4.69) is 25.3 Å². The molecular formula is C21H28N6O4. The molecule has 0 radical (unpaired) electrons. The number of aliphatic hydroxyl groups is 1. The van der Waals surface area contributed by atoms with Gasteiger partial charge < -0.3 is 20.3 Å². The minimum absolute atomic E-state index is 0.0183. The maximum Gasteiger partial charge on any atom is 0.279 e. The Balaban J connectivity index is 1.51. The van der Waals surface area contributed by atoms with E-state index in [0.717, 1.165) is 45.1 Å². The molecule has 2 fully saturated rings. The fourth-order valence-electron chi connectivity index (χ4n) is 4.51. The van der Waals surface area contributed by atoms with Gasteiger partial charge in [0.05, 0.1) is 12.1 Å². The normalized spacial score (nSPS) is 24.0. The zero-order valence-corrected chi connectivity index (χ0v) is 17.4. The number of amides is 1. The number of aliphatic hydroxyl groups excluding tert-OH is 1. The topological polar surface area (TPSA) is 133 Å². The van der Waals surface area contributed by atoms with Gasteiger partial charge >= 0.3 is 0 Å². The van der Waals surface area contributed by atoms with Crippen molar-refractivity contribution in [2.45, 2.75) is 63.1 Å². The second-order valence-corrected chi connectivity index (χ2v) is 8.21. The number of aromatic amines is 1. The van der Waals surface area contributed by atoms with Gasteiger partial charge in [0, 0.05) is 37.6 Å². The standard InChI is InChI=1S/C21H28N6O4/c28-16-7-2-1-6-15(16)27-18(29)9-8-17(25-27)26-12-4-3-5-14(26)13-24-21(31)19-20(30)23-11-10-22-19/h8-11,14-16,28H,1-7,12-13H2,(H,23,30)(H,24,31). The second kappa shape index (κ2) is 9.42. The molecule has 31 heavy (non-hydrogen) atoms. The second-order valence-electron chi connectivity index (χ2n) is 8.21. The lowest BCUT2D eigenvalue weighted by Gasteiger charge is -2.37. The molecule has 2 aromatic heterocycles.